The van der Waals surface area contributed by atoms with Crippen molar-refractivity contribution in [1.29, 1.82) is 0 Å². The van der Waals surface area contributed by atoms with Crippen LogP contribution in [-0.2, 0) is 20.2 Å². The Balaban J connectivity index is 2.12. The molecule has 2 rings (SSSR count). The van der Waals surface area contributed by atoms with Gasteiger partial charge in [-0.05, 0) is 36.5 Å². The standard InChI is InChI=1S/C14H17ClO4S/c1-2-11-5-6-12(9-13(11)20(15,17)18)14(16)19-8-7-10-3-4-10/h5-6,9-10H,2-4,7-8H2,1H3. The van der Waals surface area contributed by atoms with Gasteiger partial charge in [0.15, 0.2) is 0 Å². The van der Waals surface area contributed by atoms with Crippen LogP contribution >= 0.6 is 10.7 Å². The summed E-state index contributed by atoms with van der Waals surface area (Å²) in [6.07, 6.45) is 3.81. The van der Waals surface area contributed by atoms with Gasteiger partial charge in [0.2, 0.25) is 0 Å². The van der Waals surface area contributed by atoms with Gasteiger partial charge in [-0.15, -0.1) is 0 Å². The molecule has 1 saturated carbocycles. The second-order valence-corrected chi connectivity index (χ2v) is 7.52. The lowest BCUT2D eigenvalue weighted by atomic mass is 10.1. The van der Waals surface area contributed by atoms with Crippen LogP contribution in [0.1, 0.15) is 42.1 Å². The Kier molecular flexibility index (Phi) is 4.70. The van der Waals surface area contributed by atoms with Crippen LogP contribution in [0.3, 0.4) is 0 Å². The normalized spacial score (nSPS) is 15.1. The lowest BCUT2D eigenvalue weighted by Crippen LogP contribution is -2.09. The van der Waals surface area contributed by atoms with Crippen molar-refractivity contribution >= 4 is 25.7 Å². The predicted molar refractivity (Wildman–Crippen MR) is 76.5 cm³/mol. The van der Waals surface area contributed by atoms with Crippen LogP contribution < -0.4 is 0 Å². The van der Waals surface area contributed by atoms with Gasteiger partial charge in [-0.3, -0.25) is 0 Å². The van der Waals surface area contributed by atoms with E-state index in [-0.39, 0.29) is 10.5 Å². The quantitative estimate of drug-likeness (QED) is 0.597. The van der Waals surface area contributed by atoms with Gasteiger partial charge in [-0.1, -0.05) is 25.8 Å². The van der Waals surface area contributed by atoms with Crippen molar-refractivity contribution in [2.45, 2.75) is 37.5 Å². The highest BCUT2D eigenvalue weighted by molar-refractivity contribution is 8.13. The molecule has 0 heterocycles. The van der Waals surface area contributed by atoms with E-state index in [1.807, 2.05) is 6.92 Å². The molecule has 0 spiro atoms. The van der Waals surface area contributed by atoms with Crippen LogP contribution in [0.25, 0.3) is 0 Å². The summed E-state index contributed by atoms with van der Waals surface area (Å²) in [5, 5.41) is 0. The molecule has 0 N–H and O–H groups in total. The molecule has 0 aromatic heterocycles. The summed E-state index contributed by atoms with van der Waals surface area (Å²) in [5.41, 5.74) is 0.812. The van der Waals surface area contributed by atoms with Gasteiger partial charge in [-0.25, -0.2) is 13.2 Å². The molecule has 1 fully saturated rings. The average molecular weight is 317 g/mol. The third kappa shape index (κ3) is 3.96. The fraction of sp³-hybridized carbons (Fsp3) is 0.500. The van der Waals surface area contributed by atoms with Crippen LogP contribution in [0.15, 0.2) is 23.1 Å². The van der Waals surface area contributed by atoms with Crippen LogP contribution in [-0.4, -0.2) is 21.0 Å². The van der Waals surface area contributed by atoms with Crippen LogP contribution in [0, 0.1) is 5.92 Å². The smallest absolute Gasteiger partial charge is 0.338 e. The largest absolute Gasteiger partial charge is 0.462 e. The molecule has 1 aromatic rings. The summed E-state index contributed by atoms with van der Waals surface area (Å²) in [6, 6.07) is 4.47. The third-order valence-corrected chi connectivity index (χ3v) is 4.81. The van der Waals surface area contributed by atoms with E-state index in [9.17, 15) is 13.2 Å². The number of ether oxygens (including phenoxy) is 1. The average Bonchev–Trinajstić information content (AvgIpc) is 3.21. The zero-order chi connectivity index (χ0) is 14.8. The number of benzene rings is 1. The molecule has 0 unspecified atom stereocenters. The van der Waals surface area contributed by atoms with Gasteiger partial charge in [0.05, 0.1) is 17.1 Å². The second-order valence-electron chi connectivity index (χ2n) is 4.98. The van der Waals surface area contributed by atoms with E-state index in [0.29, 0.717) is 24.5 Å². The highest BCUT2D eigenvalue weighted by Crippen LogP contribution is 2.32. The van der Waals surface area contributed by atoms with E-state index in [1.54, 1.807) is 12.1 Å². The summed E-state index contributed by atoms with van der Waals surface area (Å²) >= 11 is 0. The van der Waals surface area contributed by atoms with E-state index in [1.165, 1.54) is 18.9 Å². The Morgan fingerprint density at radius 2 is 2.10 bits per heavy atom. The first-order valence-electron chi connectivity index (χ1n) is 6.66. The van der Waals surface area contributed by atoms with E-state index < -0.39 is 15.0 Å². The molecule has 0 bridgehead atoms. The minimum Gasteiger partial charge on any atom is -0.462 e. The van der Waals surface area contributed by atoms with Crippen molar-refractivity contribution in [3.8, 4) is 0 Å². The number of carbonyl (C=O) groups excluding carboxylic acids is 1. The second kappa shape index (κ2) is 6.14. The molecule has 0 saturated heterocycles. The third-order valence-electron chi connectivity index (χ3n) is 3.40. The summed E-state index contributed by atoms with van der Waals surface area (Å²) in [4.78, 5) is 11.8. The molecule has 0 atom stereocenters. The Labute approximate surface area is 123 Å². The van der Waals surface area contributed by atoms with E-state index in [0.717, 1.165) is 6.42 Å². The fourth-order valence-electron chi connectivity index (χ4n) is 2.01. The van der Waals surface area contributed by atoms with E-state index in [2.05, 4.69) is 0 Å². The summed E-state index contributed by atoms with van der Waals surface area (Å²) < 4.78 is 28.2. The number of esters is 1. The summed E-state index contributed by atoms with van der Waals surface area (Å²) in [5.74, 6) is 0.180. The van der Waals surface area contributed by atoms with E-state index in [4.69, 9.17) is 15.4 Å². The summed E-state index contributed by atoms with van der Waals surface area (Å²) in [7, 11) is 1.53. The Morgan fingerprint density at radius 1 is 1.40 bits per heavy atom. The molecule has 0 amide bonds. The molecule has 6 heteroatoms. The Morgan fingerprint density at radius 3 is 2.65 bits per heavy atom. The molecular formula is C14H17ClO4S. The monoisotopic (exact) mass is 316 g/mol. The maximum atomic E-state index is 11.9. The van der Waals surface area contributed by atoms with Gasteiger partial charge in [-0.2, -0.15) is 0 Å². The van der Waals surface area contributed by atoms with Crippen molar-refractivity contribution < 1.29 is 17.9 Å². The lowest BCUT2D eigenvalue weighted by Gasteiger charge is -2.08. The van der Waals surface area contributed by atoms with Gasteiger partial charge >= 0.3 is 5.97 Å². The molecule has 110 valence electrons. The van der Waals surface area contributed by atoms with Crippen molar-refractivity contribution in [1.82, 2.24) is 0 Å². The first-order valence-corrected chi connectivity index (χ1v) is 8.97. The van der Waals surface area contributed by atoms with Crippen molar-refractivity contribution in [3.63, 3.8) is 0 Å². The predicted octanol–water partition coefficient (Wildman–Crippen LogP) is 3.13. The van der Waals surface area contributed by atoms with Crippen LogP contribution in [0.5, 0.6) is 0 Å². The SMILES string of the molecule is CCc1ccc(C(=O)OCCC2CC2)cc1S(=O)(=O)Cl. The summed E-state index contributed by atoms with van der Waals surface area (Å²) in [6.45, 7) is 2.20. The lowest BCUT2D eigenvalue weighted by molar-refractivity contribution is 0.0494. The zero-order valence-corrected chi connectivity index (χ0v) is 12.8. The van der Waals surface area contributed by atoms with Crippen LogP contribution in [0.4, 0.5) is 0 Å². The molecule has 1 aliphatic carbocycles. The van der Waals surface area contributed by atoms with Gasteiger partial charge in [0.25, 0.3) is 9.05 Å². The number of halogens is 1. The first kappa shape index (κ1) is 15.3. The maximum absolute atomic E-state index is 11.9. The van der Waals surface area contributed by atoms with E-state index >= 15 is 0 Å². The molecule has 1 aliphatic rings. The number of hydrogen-bond donors (Lipinski definition) is 0. The van der Waals surface area contributed by atoms with Crippen LogP contribution in [0.2, 0.25) is 0 Å². The molecular weight excluding hydrogens is 300 g/mol. The Hall–Kier alpha value is -1.07. The number of carbonyl (C=O) groups is 1. The Bertz CT molecular complexity index is 606. The van der Waals surface area contributed by atoms with Crippen molar-refractivity contribution in [3.05, 3.63) is 29.3 Å². The molecule has 20 heavy (non-hydrogen) atoms. The fourth-order valence-corrected chi connectivity index (χ4v) is 3.23. The highest BCUT2D eigenvalue weighted by atomic mass is 35.7. The molecule has 4 nitrogen and oxygen atoms in total. The minimum absolute atomic E-state index is 0.0155. The van der Waals surface area contributed by atoms with Gasteiger partial charge in [0.1, 0.15) is 0 Å². The maximum Gasteiger partial charge on any atom is 0.338 e. The highest BCUT2D eigenvalue weighted by Gasteiger charge is 2.22. The van der Waals surface area contributed by atoms with Gasteiger partial charge < -0.3 is 4.74 Å². The topological polar surface area (TPSA) is 60.4 Å². The first-order chi connectivity index (χ1) is 9.41. The molecule has 0 radical (unpaired) electrons. The number of hydrogen-bond acceptors (Lipinski definition) is 4. The zero-order valence-electron chi connectivity index (χ0n) is 11.3. The number of rotatable bonds is 6. The van der Waals surface area contributed by atoms with Crippen molar-refractivity contribution in [2.75, 3.05) is 6.61 Å². The van der Waals surface area contributed by atoms with Crippen molar-refractivity contribution in [2.24, 2.45) is 5.92 Å². The molecule has 0 aliphatic heterocycles. The van der Waals surface area contributed by atoms with Gasteiger partial charge in [0, 0.05) is 10.7 Å². The number of aryl methyl sites for hydroxylation is 1. The molecule has 1 aromatic carbocycles. The minimum atomic E-state index is -3.86.